The van der Waals surface area contributed by atoms with Crippen molar-refractivity contribution in [3.05, 3.63) is 28.2 Å². The van der Waals surface area contributed by atoms with Gasteiger partial charge in [0.25, 0.3) is 0 Å². The lowest BCUT2D eigenvalue weighted by molar-refractivity contribution is 0.411. The number of benzene rings is 1. The van der Waals surface area contributed by atoms with Gasteiger partial charge in [-0.25, -0.2) is 0 Å². The second kappa shape index (κ2) is 6.13. The minimum absolute atomic E-state index is 0.635. The summed E-state index contributed by atoms with van der Waals surface area (Å²) in [6.45, 7) is 2.99. The Morgan fingerprint density at radius 1 is 1.47 bits per heavy atom. The van der Waals surface area contributed by atoms with Gasteiger partial charge in [-0.1, -0.05) is 13.0 Å². The fourth-order valence-corrected chi connectivity index (χ4v) is 2.21. The van der Waals surface area contributed by atoms with E-state index < -0.39 is 0 Å². The summed E-state index contributed by atoms with van der Waals surface area (Å²) in [5.74, 6) is 1.51. The predicted molar refractivity (Wildman–Crippen MR) is 67.2 cm³/mol. The number of methoxy groups -OCH3 is 1. The number of hydrogen-bond acceptors (Lipinski definition) is 2. The molecule has 2 N–H and O–H groups in total. The first kappa shape index (κ1) is 12.5. The van der Waals surface area contributed by atoms with Crippen molar-refractivity contribution in [2.45, 2.75) is 19.8 Å². The fraction of sp³-hybridized carbons (Fsp3) is 0.500. The average Bonchev–Trinajstić information content (AvgIpc) is 2.18. The molecule has 15 heavy (non-hydrogen) atoms. The maximum absolute atomic E-state index is 5.53. The molecule has 1 unspecified atom stereocenters. The van der Waals surface area contributed by atoms with Crippen LogP contribution < -0.4 is 10.5 Å². The number of rotatable bonds is 5. The maximum Gasteiger partial charge on any atom is 0.133 e. The predicted octanol–water partition coefficient (Wildman–Crippen LogP) is 2.99. The molecule has 0 aromatic heterocycles. The Kier molecular flexibility index (Phi) is 5.12. The van der Waals surface area contributed by atoms with E-state index in [4.69, 9.17) is 10.5 Å². The van der Waals surface area contributed by atoms with Crippen LogP contribution in [0.15, 0.2) is 22.7 Å². The highest BCUT2D eigenvalue weighted by molar-refractivity contribution is 9.10. The van der Waals surface area contributed by atoms with Crippen molar-refractivity contribution in [3.63, 3.8) is 0 Å². The second-order valence-corrected chi connectivity index (χ2v) is 4.71. The molecule has 0 fully saturated rings. The summed E-state index contributed by atoms with van der Waals surface area (Å²) in [4.78, 5) is 0. The monoisotopic (exact) mass is 271 g/mol. The third-order valence-corrected chi connectivity index (χ3v) is 3.08. The molecular formula is C12H18BrNO. The quantitative estimate of drug-likeness (QED) is 0.894. The molecule has 2 nitrogen and oxygen atoms in total. The van der Waals surface area contributed by atoms with Gasteiger partial charge in [0, 0.05) is 0 Å². The van der Waals surface area contributed by atoms with E-state index in [0.29, 0.717) is 5.92 Å². The first-order valence-corrected chi connectivity index (χ1v) is 5.99. The van der Waals surface area contributed by atoms with Crippen LogP contribution in [0.4, 0.5) is 0 Å². The van der Waals surface area contributed by atoms with Gasteiger partial charge in [-0.2, -0.15) is 0 Å². The molecule has 3 heteroatoms. The molecule has 0 saturated heterocycles. The zero-order valence-electron chi connectivity index (χ0n) is 9.29. The number of halogens is 1. The summed E-state index contributed by atoms with van der Waals surface area (Å²) < 4.78 is 6.20. The zero-order valence-corrected chi connectivity index (χ0v) is 10.9. The Labute approximate surface area is 99.9 Å². The Morgan fingerprint density at radius 3 is 2.73 bits per heavy atom. The van der Waals surface area contributed by atoms with Crippen LogP contribution in [0, 0.1) is 5.92 Å². The molecule has 1 atom stereocenters. The van der Waals surface area contributed by atoms with Crippen LogP contribution in [-0.4, -0.2) is 13.7 Å². The molecule has 0 spiro atoms. The summed E-state index contributed by atoms with van der Waals surface area (Å²) in [5, 5.41) is 0. The van der Waals surface area contributed by atoms with Crippen LogP contribution in [-0.2, 0) is 6.42 Å². The van der Waals surface area contributed by atoms with Crippen LogP contribution >= 0.6 is 15.9 Å². The molecular weight excluding hydrogens is 254 g/mol. The van der Waals surface area contributed by atoms with Gasteiger partial charge in [0.2, 0.25) is 0 Å². The van der Waals surface area contributed by atoms with E-state index in [9.17, 15) is 0 Å². The lowest BCUT2D eigenvalue weighted by Crippen LogP contribution is -2.08. The van der Waals surface area contributed by atoms with Gasteiger partial charge in [-0.3, -0.25) is 0 Å². The molecule has 0 saturated carbocycles. The molecule has 0 aliphatic heterocycles. The molecule has 0 aliphatic carbocycles. The largest absolute Gasteiger partial charge is 0.496 e. The first-order valence-electron chi connectivity index (χ1n) is 5.20. The number of ether oxygens (including phenoxy) is 1. The van der Waals surface area contributed by atoms with E-state index in [0.717, 1.165) is 29.6 Å². The van der Waals surface area contributed by atoms with Crippen molar-refractivity contribution < 1.29 is 4.74 Å². The van der Waals surface area contributed by atoms with Gasteiger partial charge in [-0.15, -0.1) is 0 Å². The van der Waals surface area contributed by atoms with Crippen molar-refractivity contribution in [1.29, 1.82) is 0 Å². The molecule has 1 rings (SSSR count). The van der Waals surface area contributed by atoms with E-state index >= 15 is 0 Å². The van der Waals surface area contributed by atoms with Gasteiger partial charge in [-0.05, 0) is 58.9 Å². The lowest BCUT2D eigenvalue weighted by Gasteiger charge is -2.11. The Hall–Kier alpha value is -0.540. The zero-order chi connectivity index (χ0) is 11.3. The fourth-order valence-electron chi connectivity index (χ4n) is 1.63. The van der Waals surface area contributed by atoms with Gasteiger partial charge >= 0.3 is 0 Å². The van der Waals surface area contributed by atoms with E-state index in [1.54, 1.807) is 7.11 Å². The van der Waals surface area contributed by atoms with Crippen molar-refractivity contribution in [1.82, 2.24) is 0 Å². The normalized spacial score (nSPS) is 12.5. The van der Waals surface area contributed by atoms with E-state index in [-0.39, 0.29) is 0 Å². The standard InChI is InChI=1S/C12H18BrNO/c1-9(5-6-14)7-10-3-4-12(15-2)11(13)8-10/h3-4,8-9H,5-7,14H2,1-2H3. The molecule has 0 radical (unpaired) electrons. The van der Waals surface area contributed by atoms with Gasteiger partial charge in [0.15, 0.2) is 0 Å². The summed E-state index contributed by atoms with van der Waals surface area (Å²) in [6, 6.07) is 6.22. The van der Waals surface area contributed by atoms with Crippen LogP contribution in [0.1, 0.15) is 18.9 Å². The molecule has 0 aliphatic rings. The minimum atomic E-state index is 0.635. The van der Waals surface area contributed by atoms with E-state index in [1.807, 2.05) is 6.07 Å². The smallest absolute Gasteiger partial charge is 0.133 e. The molecule has 1 aromatic rings. The topological polar surface area (TPSA) is 35.2 Å². The highest BCUT2D eigenvalue weighted by atomic mass is 79.9. The number of hydrogen-bond donors (Lipinski definition) is 1. The molecule has 0 heterocycles. The second-order valence-electron chi connectivity index (χ2n) is 3.86. The highest BCUT2D eigenvalue weighted by Gasteiger charge is 2.05. The van der Waals surface area contributed by atoms with Crippen molar-refractivity contribution >= 4 is 15.9 Å². The van der Waals surface area contributed by atoms with Crippen molar-refractivity contribution in [2.75, 3.05) is 13.7 Å². The third kappa shape index (κ3) is 3.84. The average molecular weight is 272 g/mol. The van der Waals surface area contributed by atoms with Crippen LogP contribution in [0.25, 0.3) is 0 Å². The van der Waals surface area contributed by atoms with Gasteiger partial charge in [0.1, 0.15) is 5.75 Å². The van der Waals surface area contributed by atoms with Crippen LogP contribution in [0.5, 0.6) is 5.75 Å². The first-order chi connectivity index (χ1) is 7.17. The summed E-state index contributed by atoms with van der Waals surface area (Å²) in [7, 11) is 1.68. The maximum atomic E-state index is 5.53. The molecule has 1 aromatic carbocycles. The lowest BCUT2D eigenvalue weighted by atomic mass is 9.98. The minimum Gasteiger partial charge on any atom is -0.496 e. The van der Waals surface area contributed by atoms with Crippen LogP contribution in [0.3, 0.4) is 0 Å². The van der Waals surface area contributed by atoms with E-state index in [2.05, 4.69) is 35.0 Å². The SMILES string of the molecule is COc1ccc(CC(C)CCN)cc1Br. The summed E-state index contributed by atoms with van der Waals surface area (Å²) in [5.41, 5.74) is 6.85. The Bertz CT molecular complexity index is 314. The van der Waals surface area contributed by atoms with Gasteiger partial charge < -0.3 is 10.5 Å². The highest BCUT2D eigenvalue weighted by Crippen LogP contribution is 2.26. The van der Waals surface area contributed by atoms with E-state index in [1.165, 1.54) is 5.56 Å². The van der Waals surface area contributed by atoms with Crippen LogP contribution in [0.2, 0.25) is 0 Å². The van der Waals surface area contributed by atoms with Gasteiger partial charge in [0.05, 0.1) is 11.6 Å². The molecule has 84 valence electrons. The summed E-state index contributed by atoms with van der Waals surface area (Å²) in [6.07, 6.45) is 2.14. The van der Waals surface area contributed by atoms with Crippen molar-refractivity contribution in [2.24, 2.45) is 11.7 Å². The molecule has 0 amide bonds. The Morgan fingerprint density at radius 2 is 2.20 bits per heavy atom. The summed E-state index contributed by atoms with van der Waals surface area (Å²) >= 11 is 3.49. The van der Waals surface area contributed by atoms with Crippen molar-refractivity contribution in [3.8, 4) is 5.75 Å². The molecule has 0 bridgehead atoms. The Balaban J connectivity index is 2.66. The third-order valence-electron chi connectivity index (χ3n) is 2.46. The number of nitrogens with two attached hydrogens (primary N) is 1.